The van der Waals surface area contributed by atoms with Gasteiger partial charge in [0.05, 0.1) is 5.69 Å². The average molecular weight is 451 g/mol. The molecule has 4 rings (SSSR count). The Hall–Kier alpha value is -3.52. The Kier molecular flexibility index (Phi) is 6.91. The third-order valence-electron chi connectivity index (χ3n) is 5.26. The number of rotatable bonds is 10. The van der Waals surface area contributed by atoms with Gasteiger partial charge in [0, 0.05) is 18.5 Å². The maximum atomic E-state index is 10.7. The molecule has 8 nitrogen and oxygen atoms in total. The summed E-state index contributed by atoms with van der Waals surface area (Å²) in [6, 6.07) is 16.2. The Bertz CT molecular complexity index is 1170. The van der Waals surface area contributed by atoms with E-state index in [0.717, 1.165) is 47.3 Å². The smallest absolute Gasteiger partial charge is 0.293 e. The first-order valence-corrected chi connectivity index (χ1v) is 10.8. The highest BCUT2D eigenvalue weighted by atomic mass is 35.5. The van der Waals surface area contributed by atoms with Crippen molar-refractivity contribution in [2.24, 2.45) is 0 Å². The molecule has 2 aromatic heterocycles. The molecule has 0 bridgehead atoms. The Morgan fingerprint density at radius 3 is 2.59 bits per heavy atom. The van der Waals surface area contributed by atoms with Crippen LogP contribution < -0.4 is 0 Å². The number of halogens is 1. The minimum atomic E-state index is 0.0949. The van der Waals surface area contributed by atoms with E-state index in [9.17, 15) is 4.79 Å². The molecule has 0 aliphatic heterocycles. The fourth-order valence-electron chi connectivity index (χ4n) is 3.65. The first kappa shape index (κ1) is 21.7. The second-order valence-electron chi connectivity index (χ2n) is 7.34. The number of aryl methyl sites for hydroxylation is 1. The summed E-state index contributed by atoms with van der Waals surface area (Å²) < 4.78 is 7.02. The predicted molar refractivity (Wildman–Crippen MR) is 121 cm³/mol. The van der Waals surface area contributed by atoms with E-state index in [4.69, 9.17) is 16.3 Å². The topological polar surface area (TPSA) is 98.6 Å². The molecule has 0 unspecified atom stereocenters. The second-order valence-corrected chi connectivity index (χ2v) is 7.70. The molecule has 1 N–H and O–H groups in total. The van der Waals surface area contributed by atoms with Gasteiger partial charge in [-0.3, -0.25) is 4.79 Å². The number of unbranched alkanes of at least 4 members (excludes halogenated alkanes) is 1. The van der Waals surface area contributed by atoms with Crippen molar-refractivity contribution < 1.29 is 9.53 Å². The minimum absolute atomic E-state index is 0.0949. The van der Waals surface area contributed by atoms with Gasteiger partial charge >= 0.3 is 0 Å². The molecule has 0 fully saturated rings. The largest absolute Gasteiger partial charge is 0.461 e. The van der Waals surface area contributed by atoms with Crippen LogP contribution in [0, 0.1) is 0 Å². The van der Waals surface area contributed by atoms with Crippen molar-refractivity contribution >= 4 is 18.1 Å². The van der Waals surface area contributed by atoms with Gasteiger partial charge < -0.3 is 9.30 Å². The summed E-state index contributed by atoms with van der Waals surface area (Å²) in [4.78, 5) is 15.2. The number of benzene rings is 2. The highest BCUT2D eigenvalue weighted by molar-refractivity contribution is 6.30. The molecule has 4 aromatic rings. The van der Waals surface area contributed by atoms with E-state index in [1.165, 1.54) is 0 Å². The van der Waals surface area contributed by atoms with E-state index in [2.05, 4.69) is 56.8 Å². The van der Waals surface area contributed by atoms with Gasteiger partial charge in [-0.15, -0.1) is 10.2 Å². The maximum Gasteiger partial charge on any atom is 0.293 e. The Labute approximate surface area is 190 Å². The molecule has 0 atom stereocenters. The van der Waals surface area contributed by atoms with Gasteiger partial charge in [0.1, 0.15) is 12.4 Å². The van der Waals surface area contributed by atoms with Crippen LogP contribution >= 0.6 is 11.6 Å². The number of carbonyl (C=O) groups is 1. The first-order chi connectivity index (χ1) is 15.7. The summed E-state index contributed by atoms with van der Waals surface area (Å²) >= 11 is 6.36. The molecule has 0 spiro atoms. The SMILES string of the molecule is CCCCc1nc(Cl)c(COC=O)n1Cc1ccc(-c2ccccc2-c2nn[nH]n2)cc1. The van der Waals surface area contributed by atoms with Crippen LogP contribution in [0.1, 0.15) is 36.8 Å². The van der Waals surface area contributed by atoms with Gasteiger partial charge in [-0.05, 0) is 28.3 Å². The van der Waals surface area contributed by atoms with Crippen molar-refractivity contribution in [3.8, 4) is 22.5 Å². The lowest BCUT2D eigenvalue weighted by Crippen LogP contribution is -2.10. The number of ether oxygens (including phenoxy) is 1. The number of nitrogens with zero attached hydrogens (tertiary/aromatic N) is 5. The van der Waals surface area contributed by atoms with Gasteiger partial charge in [0.25, 0.3) is 6.47 Å². The number of aromatic nitrogens is 6. The summed E-state index contributed by atoms with van der Waals surface area (Å²) in [5.74, 6) is 1.45. The van der Waals surface area contributed by atoms with Gasteiger partial charge in [-0.2, -0.15) is 5.21 Å². The third kappa shape index (κ3) is 4.70. The van der Waals surface area contributed by atoms with Gasteiger partial charge in [-0.1, -0.05) is 73.5 Å². The number of imidazole rings is 1. The number of aromatic amines is 1. The summed E-state index contributed by atoms with van der Waals surface area (Å²) in [7, 11) is 0. The van der Waals surface area contributed by atoms with E-state index in [-0.39, 0.29) is 6.61 Å². The van der Waals surface area contributed by atoms with Gasteiger partial charge in [-0.25, -0.2) is 4.98 Å². The molecule has 164 valence electrons. The van der Waals surface area contributed by atoms with Crippen LogP contribution in [0.2, 0.25) is 5.15 Å². The monoisotopic (exact) mass is 450 g/mol. The zero-order chi connectivity index (χ0) is 22.3. The quantitative estimate of drug-likeness (QED) is 0.358. The third-order valence-corrected chi connectivity index (χ3v) is 5.57. The minimum Gasteiger partial charge on any atom is -0.461 e. The fraction of sp³-hybridized carbons (Fsp3) is 0.261. The lowest BCUT2D eigenvalue weighted by Gasteiger charge is -2.13. The Morgan fingerprint density at radius 1 is 1.12 bits per heavy atom. The molecule has 0 radical (unpaired) electrons. The maximum absolute atomic E-state index is 10.7. The summed E-state index contributed by atoms with van der Waals surface area (Å²) in [6.07, 6.45) is 2.87. The summed E-state index contributed by atoms with van der Waals surface area (Å²) in [5, 5.41) is 14.8. The van der Waals surface area contributed by atoms with Crippen LogP contribution in [0.5, 0.6) is 0 Å². The molecule has 0 aliphatic rings. The van der Waals surface area contributed by atoms with Crippen molar-refractivity contribution in [1.82, 2.24) is 30.2 Å². The van der Waals surface area contributed by atoms with Gasteiger partial charge in [0.2, 0.25) is 5.82 Å². The highest BCUT2D eigenvalue weighted by Crippen LogP contribution is 2.30. The van der Waals surface area contributed by atoms with Crippen LogP contribution in [0.15, 0.2) is 48.5 Å². The van der Waals surface area contributed by atoms with Crippen molar-refractivity contribution in [3.05, 3.63) is 70.8 Å². The summed E-state index contributed by atoms with van der Waals surface area (Å²) in [5.41, 5.74) is 4.77. The number of H-pyrrole nitrogens is 1. The number of hydrogen-bond acceptors (Lipinski definition) is 6. The van der Waals surface area contributed by atoms with Gasteiger partial charge in [0.15, 0.2) is 5.15 Å². The lowest BCUT2D eigenvalue weighted by atomic mass is 9.98. The molecule has 2 heterocycles. The van der Waals surface area contributed by atoms with E-state index >= 15 is 0 Å². The van der Waals surface area contributed by atoms with E-state index in [1.807, 2.05) is 28.8 Å². The molecule has 32 heavy (non-hydrogen) atoms. The Morgan fingerprint density at radius 2 is 1.91 bits per heavy atom. The molecule has 0 saturated carbocycles. The van der Waals surface area contributed by atoms with Crippen LogP contribution in [-0.2, 0) is 29.1 Å². The molecule has 9 heteroatoms. The van der Waals surface area contributed by atoms with Crippen molar-refractivity contribution in [2.75, 3.05) is 0 Å². The number of hydrogen-bond donors (Lipinski definition) is 1. The molecule has 0 saturated heterocycles. The standard InChI is InChI=1S/C23H23ClN6O2/c1-2-3-8-21-25-22(24)20(14-32-15-31)30(21)13-16-9-11-17(12-10-16)18-6-4-5-7-19(18)23-26-28-29-27-23/h4-7,9-12,15H,2-3,8,13-14H2,1H3,(H,26,27,28,29). The van der Waals surface area contributed by atoms with E-state index < -0.39 is 0 Å². The molecular formula is C23H23ClN6O2. The van der Waals surface area contributed by atoms with Crippen LogP contribution in [0.4, 0.5) is 0 Å². The number of tetrazole rings is 1. The first-order valence-electron chi connectivity index (χ1n) is 10.4. The van der Waals surface area contributed by atoms with Crippen LogP contribution in [0.3, 0.4) is 0 Å². The second kappa shape index (κ2) is 10.2. The number of nitrogens with one attached hydrogen (secondary N) is 1. The molecule has 2 aromatic carbocycles. The molecule has 0 amide bonds. The van der Waals surface area contributed by atoms with E-state index in [1.54, 1.807) is 0 Å². The fourth-order valence-corrected chi connectivity index (χ4v) is 3.90. The summed E-state index contributed by atoms with van der Waals surface area (Å²) in [6.45, 7) is 3.24. The van der Waals surface area contributed by atoms with Crippen LogP contribution in [0.25, 0.3) is 22.5 Å². The molecule has 0 aliphatic carbocycles. The normalized spacial score (nSPS) is 10.9. The number of carbonyl (C=O) groups excluding carboxylic acids is 1. The van der Waals surface area contributed by atoms with Crippen molar-refractivity contribution in [3.63, 3.8) is 0 Å². The molecular weight excluding hydrogens is 428 g/mol. The zero-order valence-electron chi connectivity index (χ0n) is 17.7. The zero-order valence-corrected chi connectivity index (χ0v) is 18.4. The average Bonchev–Trinajstić information content (AvgIpc) is 3.45. The van der Waals surface area contributed by atoms with Crippen molar-refractivity contribution in [1.29, 1.82) is 0 Å². The Balaban J connectivity index is 1.62. The lowest BCUT2D eigenvalue weighted by molar-refractivity contribution is -0.130. The highest BCUT2D eigenvalue weighted by Gasteiger charge is 2.17. The van der Waals surface area contributed by atoms with Crippen molar-refractivity contribution in [2.45, 2.75) is 39.3 Å². The van der Waals surface area contributed by atoms with E-state index in [0.29, 0.717) is 29.7 Å². The predicted octanol–water partition coefficient (Wildman–Crippen LogP) is 4.45. The van der Waals surface area contributed by atoms with Crippen LogP contribution in [-0.4, -0.2) is 36.6 Å².